The number of benzene rings is 1. The van der Waals surface area contributed by atoms with E-state index in [-0.39, 0.29) is 17.4 Å². The summed E-state index contributed by atoms with van der Waals surface area (Å²) in [6, 6.07) is 14.1. The predicted molar refractivity (Wildman–Crippen MR) is 128 cm³/mol. The van der Waals surface area contributed by atoms with Gasteiger partial charge in [0.1, 0.15) is 11.6 Å². The Morgan fingerprint density at radius 3 is 2.42 bits per heavy atom. The van der Waals surface area contributed by atoms with Crippen molar-refractivity contribution < 1.29 is 9.90 Å². The van der Waals surface area contributed by atoms with Gasteiger partial charge in [-0.2, -0.15) is 0 Å². The molecule has 0 fully saturated rings. The maximum absolute atomic E-state index is 13.3. The predicted octanol–water partition coefficient (Wildman–Crippen LogP) is 5.69. The molecule has 7 heteroatoms. The summed E-state index contributed by atoms with van der Waals surface area (Å²) in [7, 11) is 0. The van der Waals surface area contributed by atoms with Crippen molar-refractivity contribution in [3.63, 3.8) is 0 Å². The Kier molecular flexibility index (Phi) is 5.52. The number of allylic oxidation sites excluding steroid dienone is 2. The Morgan fingerprint density at radius 1 is 1.03 bits per heavy atom. The number of Topliss-reactive ketones (excluding diaryl/α,β-unsaturated/α-hetero) is 1. The molecule has 2 aromatic heterocycles. The van der Waals surface area contributed by atoms with Crippen LogP contribution in [0.25, 0.3) is 5.76 Å². The summed E-state index contributed by atoms with van der Waals surface area (Å²) in [4.78, 5) is 23.5. The van der Waals surface area contributed by atoms with Gasteiger partial charge < -0.3 is 5.11 Å². The van der Waals surface area contributed by atoms with Crippen LogP contribution in [0.1, 0.15) is 36.3 Å². The van der Waals surface area contributed by atoms with E-state index < -0.39 is 5.92 Å². The molecule has 2 aliphatic rings. The van der Waals surface area contributed by atoms with Gasteiger partial charge >= 0.3 is 0 Å². The molecule has 33 heavy (non-hydrogen) atoms. The second-order valence-electron chi connectivity index (χ2n) is 8.02. The highest BCUT2D eigenvalue weighted by Gasteiger charge is 2.43. The second kappa shape index (κ2) is 8.64. The van der Waals surface area contributed by atoms with Gasteiger partial charge in [-0.1, -0.05) is 17.7 Å². The Balaban J connectivity index is 1.82. The fraction of sp³-hybridized carbons (Fsp3) is 0.154. The lowest BCUT2D eigenvalue weighted by atomic mass is 9.74. The molecule has 0 saturated carbocycles. The number of anilines is 1. The average molecular weight is 457 g/mol. The van der Waals surface area contributed by atoms with Crippen molar-refractivity contribution in [2.75, 3.05) is 4.90 Å². The molecule has 1 atom stereocenters. The number of aliphatic hydroxyl groups excluding tert-OH is 1. The first-order valence-electron chi connectivity index (χ1n) is 10.7. The first-order chi connectivity index (χ1) is 16.1. The quantitative estimate of drug-likeness (QED) is 0.494. The Morgan fingerprint density at radius 2 is 1.76 bits per heavy atom. The molecule has 0 bridgehead atoms. The number of nitrogens with zero attached hydrogens (tertiary/aromatic N) is 3. The largest absolute Gasteiger partial charge is 0.507 e. The van der Waals surface area contributed by atoms with Crippen LogP contribution in [0, 0.1) is 5.41 Å². The molecule has 1 aromatic carbocycles. The van der Waals surface area contributed by atoms with E-state index in [2.05, 4.69) is 9.97 Å². The van der Waals surface area contributed by atoms with E-state index in [1.165, 1.54) is 0 Å². The lowest BCUT2D eigenvalue weighted by Crippen LogP contribution is -2.42. The number of aromatic nitrogens is 2. The van der Waals surface area contributed by atoms with Crippen molar-refractivity contribution in [1.29, 1.82) is 5.41 Å². The van der Waals surface area contributed by atoms with Crippen LogP contribution in [0.15, 0.2) is 90.2 Å². The maximum Gasteiger partial charge on any atom is 0.161 e. The normalized spacial score (nSPS) is 20.0. The number of hydrogen-bond donors (Lipinski definition) is 2. The Hall–Kier alpha value is -3.77. The minimum atomic E-state index is -0.599. The molecule has 0 spiro atoms. The van der Waals surface area contributed by atoms with E-state index in [0.29, 0.717) is 46.7 Å². The van der Waals surface area contributed by atoms with E-state index in [9.17, 15) is 15.3 Å². The van der Waals surface area contributed by atoms with Gasteiger partial charge in [-0.3, -0.25) is 25.1 Å². The summed E-state index contributed by atoms with van der Waals surface area (Å²) >= 11 is 6.05. The average Bonchev–Trinajstić information content (AvgIpc) is 2.84. The molecule has 0 saturated heterocycles. The topological polar surface area (TPSA) is 90.2 Å². The molecule has 164 valence electrons. The number of halogens is 1. The fourth-order valence-corrected chi connectivity index (χ4v) is 4.73. The maximum atomic E-state index is 13.3. The summed E-state index contributed by atoms with van der Waals surface area (Å²) in [6.45, 7) is 0. The van der Waals surface area contributed by atoms with E-state index in [4.69, 9.17) is 11.6 Å². The van der Waals surface area contributed by atoms with Crippen LogP contribution < -0.4 is 4.90 Å². The van der Waals surface area contributed by atoms with Gasteiger partial charge in [-0.25, -0.2) is 0 Å². The summed E-state index contributed by atoms with van der Waals surface area (Å²) in [5.74, 6) is -0.535. The molecule has 5 rings (SSSR count). The molecule has 2 N–H and O–H groups in total. The molecular formula is C26H21ClN4O2. The van der Waals surface area contributed by atoms with Crippen LogP contribution in [-0.4, -0.2) is 26.7 Å². The molecule has 0 radical (unpaired) electrons. The van der Waals surface area contributed by atoms with Crippen molar-refractivity contribution >= 4 is 34.7 Å². The third-order valence-electron chi connectivity index (χ3n) is 6.05. The molecular weight excluding hydrogens is 436 g/mol. The van der Waals surface area contributed by atoms with Crippen LogP contribution in [-0.2, 0) is 4.79 Å². The zero-order chi connectivity index (χ0) is 22.9. The minimum absolute atomic E-state index is 0.0212. The number of pyridine rings is 2. The van der Waals surface area contributed by atoms with Crippen molar-refractivity contribution in [2.45, 2.75) is 25.2 Å². The molecule has 3 aromatic rings. The third-order valence-corrected chi connectivity index (χ3v) is 6.30. The Labute approximate surface area is 196 Å². The lowest BCUT2D eigenvalue weighted by molar-refractivity contribution is -0.116. The molecule has 1 aliphatic carbocycles. The smallest absolute Gasteiger partial charge is 0.161 e. The van der Waals surface area contributed by atoms with Gasteiger partial charge in [0.05, 0.1) is 11.9 Å². The Bertz CT molecular complexity index is 1280. The van der Waals surface area contributed by atoms with Gasteiger partial charge in [0.25, 0.3) is 0 Å². The lowest BCUT2D eigenvalue weighted by Gasteiger charge is -2.41. The van der Waals surface area contributed by atoms with Gasteiger partial charge in [-0.15, -0.1) is 0 Å². The third kappa shape index (κ3) is 3.72. The fourth-order valence-electron chi connectivity index (χ4n) is 4.61. The molecule has 6 nitrogen and oxygen atoms in total. The number of hydrogen-bond acceptors (Lipinski definition) is 5. The van der Waals surface area contributed by atoms with E-state index >= 15 is 0 Å². The van der Waals surface area contributed by atoms with E-state index in [1.807, 2.05) is 12.1 Å². The van der Waals surface area contributed by atoms with Crippen LogP contribution in [0.4, 0.5) is 5.69 Å². The molecule has 3 heterocycles. The standard InChI is InChI=1S/C26H21ClN4O2/c27-18-10-8-16(9-11-18)25(33)24-22(17-4-2-12-29-14-17)23-20(6-1-7-21(23)32)31(26(24)28)19-5-3-13-30-15-19/h2-5,8-15,22,28,33H,1,6-7H2/b25-24+,28-26?. The van der Waals surface area contributed by atoms with Crippen molar-refractivity contribution in [2.24, 2.45) is 0 Å². The summed E-state index contributed by atoms with van der Waals surface area (Å²) < 4.78 is 0. The summed E-state index contributed by atoms with van der Waals surface area (Å²) in [5.41, 5.74) is 3.69. The highest BCUT2D eigenvalue weighted by atomic mass is 35.5. The molecule has 1 unspecified atom stereocenters. The number of rotatable bonds is 3. The first kappa shape index (κ1) is 21.1. The highest BCUT2D eigenvalue weighted by Crippen LogP contribution is 2.47. The minimum Gasteiger partial charge on any atom is -0.507 e. The van der Waals surface area contributed by atoms with Crippen LogP contribution >= 0.6 is 11.6 Å². The number of amidine groups is 1. The zero-order valence-corrected chi connectivity index (χ0v) is 18.5. The van der Waals surface area contributed by atoms with Gasteiger partial charge in [0.2, 0.25) is 0 Å². The van der Waals surface area contributed by atoms with Crippen molar-refractivity contribution in [3.05, 3.63) is 106 Å². The van der Waals surface area contributed by atoms with E-state index in [1.54, 1.807) is 66.1 Å². The van der Waals surface area contributed by atoms with Crippen LogP contribution in [0.2, 0.25) is 5.02 Å². The number of carbonyl (C=O) groups is 1. The van der Waals surface area contributed by atoms with E-state index in [0.717, 1.165) is 11.3 Å². The zero-order valence-electron chi connectivity index (χ0n) is 17.7. The van der Waals surface area contributed by atoms with Gasteiger partial charge in [-0.05, 0) is 60.9 Å². The van der Waals surface area contributed by atoms with Crippen LogP contribution in [0.5, 0.6) is 0 Å². The number of nitrogens with one attached hydrogen (secondary N) is 1. The summed E-state index contributed by atoms with van der Waals surface area (Å²) in [5, 5.41) is 21.2. The SMILES string of the molecule is N=C1/C(=C(/O)c2ccc(Cl)cc2)C(c2cccnc2)C2=C(CCCC2=O)N1c1cccnc1. The summed E-state index contributed by atoms with van der Waals surface area (Å²) in [6.07, 6.45) is 8.49. The number of carbonyl (C=O) groups excluding carboxylic acids is 1. The number of ketones is 1. The first-order valence-corrected chi connectivity index (χ1v) is 11.1. The number of aliphatic hydroxyl groups is 1. The second-order valence-corrected chi connectivity index (χ2v) is 8.46. The van der Waals surface area contributed by atoms with Crippen molar-refractivity contribution in [3.8, 4) is 0 Å². The molecule has 1 aliphatic heterocycles. The van der Waals surface area contributed by atoms with Crippen LogP contribution in [0.3, 0.4) is 0 Å². The van der Waals surface area contributed by atoms with Gasteiger partial charge in [0, 0.05) is 58.4 Å². The van der Waals surface area contributed by atoms with Crippen molar-refractivity contribution in [1.82, 2.24) is 9.97 Å². The molecule has 0 amide bonds. The van der Waals surface area contributed by atoms with Gasteiger partial charge in [0.15, 0.2) is 5.78 Å². The highest BCUT2D eigenvalue weighted by molar-refractivity contribution is 6.30. The monoisotopic (exact) mass is 456 g/mol.